The molecule has 2 aromatic rings. The van der Waals surface area contributed by atoms with Crippen LogP contribution in [0.3, 0.4) is 0 Å². The molecule has 2 aromatic carbocycles. The molecule has 0 radical (unpaired) electrons. The third-order valence-corrected chi connectivity index (χ3v) is 4.33. The third-order valence-electron chi connectivity index (χ3n) is 2.90. The highest BCUT2D eigenvalue weighted by Crippen LogP contribution is 2.34. The molecular formula is C15H15NO2S2. The molecule has 1 atom stereocenters. The summed E-state index contributed by atoms with van der Waals surface area (Å²) in [6.07, 6.45) is 0. The highest BCUT2D eigenvalue weighted by molar-refractivity contribution is 7.98. The number of nitro benzene ring substituents is 1. The van der Waals surface area contributed by atoms with Crippen LogP contribution < -0.4 is 0 Å². The van der Waals surface area contributed by atoms with E-state index in [4.69, 9.17) is 0 Å². The van der Waals surface area contributed by atoms with E-state index >= 15 is 0 Å². The molecule has 0 aliphatic rings. The fourth-order valence-electron chi connectivity index (χ4n) is 1.79. The van der Waals surface area contributed by atoms with Crippen molar-refractivity contribution in [3.63, 3.8) is 0 Å². The molecule has 0 fully saturated rings. The molecule has 5 heteroatoms. The van der Waals surface area contributed by atoms with Crippen molar-refractivity contribution in [2.75, 3.05) is 0 Å². The number of hydrogen-bond donors (Lipinski definition) is 1. The number of nitrogens with zero attached hydrogens (tertiary/aromatic N) is 1. The van der Waals surface area contributed by atoms with Crippen LogP contribution in [-0.2, 0) is 5.75 Å². The highest BCUT2D eigenvalue weighted by Gasteiger charge is 2.16. The Labute approximate surface area is 128 Å². The molecule has 3 nitrogen and oxygen atoms in total. The van der Waals surface area contributed by atoms with Crippen molar-refractivity contribution in [3.8, 4) is 0 Å². The molecule has 0 saturated heterocycles. The summed E-state index contributed by atoms with van der Waals surface area (Å²) in [4.78, 5) is 11.5. The highest BCUT2D eigenvalue weighted by atomic mass is 32.2. The summed E-state index contributed by atoms with van der Waals surface area (Å²) >= 11 is 5.80. The molecule has 0 aromatic heterocycles. The summed E-state index contributed by atoms with van der Waals surface area (Å²) in [7, 11) is 0. The minimum absolute atomic E-state index is 0.0122. The lowest BCUT2D eigenvalue weighted by atomic mass is 10.1. The average Bonchev–Trinajstić information content (AvgIpc) is 2.45. The number of benzene rings is 2. The Morgan fingerprint density at radius 3 is 2.55 bits per heavy atom. The maximum Gasteiger partial charge on any atom is 0.283 e. The van der Waals surface area contributed by atoms with E-state index in [1.54, 1.807) is 6.07 Å². The van der Waals surface area contributed by atoms with Crippen molar-refractivity contribution < 1.29 is 4.92 Å². The minimum atomic E-state index is -0.326. The van der Waals surface area contributed by atoms with Crippen LogP contribution in [0.1, 0.15) is 23.3 Å². The fraction of sp³-hybridized carbons (Fsp3) is 0.200. The van der Waals surface area contributed by atoms with Crippen molar-refractivity contribution in [1.82, 2.24) is 0 Å². The van der Waals surface area contributed by atoms with Crippen molar-refractivity contribution in [2.24, 2.45) is 0 Å². The van der Waals surface area contributed by atoms with Gasteiger partial charge in [0.05, 0.1) is 9.82 Å². The molecule has 0 N–H and O–H groups in total. The van der Waals surface area contributed by atoms with Gasteiger partial charge < -0.3 is 0 Å². The van der Waals surface area contributed by atoms with Gasteiger partial charge in [-0.3, -0.25) is 10.1 Å². The first kappa shape index (κ1) is 14.9. The van der Waals surface area contributed by atoms with E-state index in [0.717, 1.165) is 16.9 Å². The number of nitro groups is 1. The molecule has 0 aliphatic carbocycles. The maximum atomic E-state index is 11.2. The van der Waals surface area contributed by atoms with E-state index in [0.29, 0.717) is 4.90 Å². The quantitative estimate of drug-likeness (QED) is 0.370. The molecule has 0 unspecified atom stereocenters. The first-order valence-electron chi connectivity index (χ1n) is 6.21. The van der Waals surface area contributed by atoms with Crippen LogP contribution in [0.4, 0.5) is 5.69 Å². The predicted octanol–water partition coefficient (Wildman–Crippen LogP) is 4.88. The summed E-state index contributed by atoms with van der Waals surface area (Å²) in [5.74, 6) is 0.720. The van der Waals surface area contributed by atoms with Crippen LogP contribution in [0.15, 0.2) is 53.4 Å². The smallest absolute Gasteiger partial charge is 0.258 e. The first-order chi connectivity index (χ1) is 9.58. The lowest BCUT2D eigenvalue weighted by molar-refractivity contribution is -0.387. The van der Waals surface area contributed by atoms with Gasteiger partial charge in [0.1, 0.15) is 0 Å². The maximum absolute atomic E-state index is 11.2. The second-order valence-electron chi connectivity index (χ2n) is 4.43. The van der Waals surface area contributed by atoms with Crippen molar-refractivity contribution in [3.05, 3.63) is 69.8 Å². The summed E-state index contributed by atoms with van der Waals surface area (Å²) in [6, 6.07) is 15.3. The summed E-state index contributed by atoms with van der Waals surface area (Å²) < 4.78 is 0. The number of thioether (sulfide) groups is 1. The van der Waals surface area contributed by atoms with Gasteiger partial charge in [0, 0.05) is 17.1 Å². The summed E-state index contributed by atoms with van der Waals surface area (Å²) in [5, 5.41) is 11.2. The molecule has 0 amide bonds. The molecule has 0 heterocycles. The Kier molecular flexibility index (Phi) is 5.09. The van der Waals surface area contributed by atoms with Crippen LogP contribution in [0.25, 0.3) is 0 Å². The minimum Gasteiger partial charge on any atom is -0.258 e. The molecule has 2 rings (SSSR count). The predicted molar refractivity (Wildman–Crippen MR) is 86.5 cm³/mol. The summed E-state index contributed by atoms with van der Waals surface area (Å²) in [6.45, 7) is 1.90. The number of thiol groups is 1. The lowest BCUT2D eigenvalue weighted by Crippen LogP contribution is -1.94. The zero-order valence-corrected chi connectivity index (χ0v) is 12.7. The number of rotatable bonds is 5. The molecule has 0 aliphatic heterocycles. The largest absolute Gasteiger partial charge is 0.283 e. The van der Waals surface area contributed by atoms with E-state index in [1.807, 2.05) is 49.4 Å². The van der Waals surface area contributed by atoms with E-state index in [2.05, 4.69) is 12.6 Å². The van der Waals surface area contributed by atoms with Gasteiger partial charge in [-0.15, -0.1) is 11.8 Å². The molecule has 0 spiro atoms. The van der Waals surface area contributed by atoms with Gasteiger partial charge >= 0.3 is 0 Å². The standard InChI is InChI=1S/C15H15NO2S2/c1-11(19)13-7-8-15(14(9-13)16(17)18)20-10-12-5-3-2-4-6-12/h2-9,11,19H,10H2,1H3/t11-/m0/s1. The van der Waals surface area contributed by atoms with Crippen LogP contribution in [0.5, 0.6) is 0 Å². The van der Waals surface area contributed by atoms with E-state index in [1.165, 1.54) is 11.8 Å². The fourth-order valence-corrected chi connectivity index (χ4v) is 2.92. The number of hydrogen-bond acceptors (Lipinski definition) is 4. The van der Waals surface area contributed by atoms with Crippen molar-refractivity contribution in [2.45, 2.75) is 22.8 Å². The Morgan fingerprint density at radius 1 is 1.25 bits per heavy atom. The molecule has 20 heavy (non-hydrogen) atoms. The second-order valence-corrected chi connectivity index (χ2v) is 6.23. The molecule has 0 bridgehead atoms. The van der Waals surface area contributed by atoms with Crippen LogP contribution in [0, 0.1) is 10.1 Å². The SMILES string of the molecule is C[C@H](S)c1ccc(SCc2ccccc2)c([N+](=O)[O-])c1. The van der Waals surface area contributed by atoms with Crippen LogP contribution in [0.2, 0.25) is 0 Å². The van der Waals surface area contributed by atoms with Gasteiger partial charge in [0.15, 0.2) is 0 Å². The van der Waals surface area contributed by atoms with Gasteiger partial charge in [-0.25, -0.2) is 0 Å². The van der Waals surface area contributed by atoms with Gasteiger partial charge in [-0.05, 0) is 24.1 Å². The third kappa shape index (κ3) is 3.77. The second kappa shape index (κ2) is 6.81. The van der Waals surface area contributed by atoms with Gasteiger partial charge in [0.25, 0.3) is 5.69 Å². The zero-order chi connectivity index (χ0) is 14.5. The zero-order valence-electron chi connectivity index (χ0n) is 11.0. The van der Waals surface area contributed by atoms with E-state index < -0.39 is 0 Å². The molecule has 104 valence electrons. The van der Waals surface area contributed by atoms with E-state index in [9.17, 15) is 10.1 Å². The Bertz CT molecular complexity index is 600. The normalized spacial score (nSPS) is 12.1. The van der Waals surface area contributed by atoms with Crippen LogP contribution >= 0.6 is 24.4 Å². The van der Waals surface area contributed by atoms with Crippen molar-refractivity contribution >= 4 is 30.1 Å². The molecular weight excluding hydrogens is 290 g/mol. The van der Waals surface area contributed by atoms with E-state index in [-0.39, 0.29) is 15.9 Å². The Morgan fingerprint density at radius 2 is 1.95 bits per heavy atom. The van der Waals surface area contributed by atoms with Crippen molar-refractivity contribution in [1.29, 1.82) is 0 Å². The first-order valence-corrected chi connectivity index (χ1v) is 7.71. The van der Waals surface area contributed by atoms with Gasteiger partial charge in [0.2, 0.25) is 0 Å². The van der Waals surface area contributed by atoms with Gasteiger partial charge in [-0.2, -0.15) is 12.6 Å². The Hall–Kier alpha value is -1.46. The van der Waals surface area contributed by atoms with Gasteiger partial charge in [-0.1, -0.05) is 36.4 Å². The monoisotopic (exact) mass is 305 g/mol. The average molecular weight is 305 g/mol. The topological polar surface area (TPSA) is 43.1 Å². The molecule has 0 saturated carbocycles. The van der Waals surface area contributed by atoms with Crippen LogP contribution in [-0.4, -0.2) is 4.92 Å². The lowest BCUT2D eigenvalue weighted by Gasteiger charge is -2.08. The summed E-state index contributed by atoms with van der Waals surface area (Å²) in [5.41, 5.74) is 2.17. The Balaban J connectivity index is 2.21.